The molecule has 0 atom stereocenters. The molecule has 3 rings (SSSR count). The lowest BCUT2D eigenvalue weighted by atomic mass is 10.1. The van der Waals surface area contributed by atoms with Gasteiger partial charge in [0.2, 0.25) is 0 Å². The highest BCUT2D eigenvalue weighted by atomic mass is 79.9. The molecule has 7 nitrogen and oxygen atoms in total. The van der Waals surface area contributed by atoms with Gasteiger partial charge in [0.05, 0.1) is 10.9 Å². The summed E-state index contributed by atoms with van der Waals surface area (Å²) in [4.78, 5) is 23.3. The number of aryl methyl sites for hydroxylation is 1. The first-order valence-electron chi connectivity index (χ1n) is 8.67. The van der Waals surface area contributed by atoms with Crippen LogP contribution in [0.4, 0.5) is 11.4 Å². The molecule has 154 valence electrons. The van der Waals surface area contributed by atoms with E-state index in [0.717, 1.165) is 4.47 Å². The van der Waals surface area contributed by atoms with Crippen LogP contribution in [-0.4, -0.2) is 20.3 Å². The summed E-state index contributed by atoms with van der Waals surface area (Å²) in [7, 11) is -4.01. The van der Waals surface area contributed by atoms with Gasteiger partial charge in [0.25, 0.3) is 15.9 Å². The number of carboxylic acids is 1. The van der Waals surface area contributed by atoms with E-state index in [-0.39, 0.29) is 21.7 Å². The normalized spacial score (nSPS) is 11.0. The molecule has 0 aromatic heterocycles. The maximum absolute atomic E-state index is 12.8. The highest BCUT2D eigenvalue weighted by Gasteiger charge is 2.19. The van der Waals surface area contributed by atoms with E-state index in [4.69, 9.17) is 0 Å². The molecule has 0 spiro atoms. The van der Waals surface area contributed by atoms with Crippen LogP contribution in [0.2, 0.25) is 0 Å². The van der Waals surface area contributed by atoms with Gasteiger partial charge in [-0.25, -0.2) is 8.42 Å². The number of hydrogen-bond acceptors (Lipinski definition) is 5. The highest BCUT2D eigenvalue weighted by Crippen LogP contribution is 2.22. The second-order valence-corrected chi connectivity index (χ2v) is 8.98. The third-order valence-corrected chi connectivity index (χ3v) is 6.27. The number of anilines is 2. The van der Waals surface area contributed by atoms with Crippen molar-refractivity contribution >= 4 is 49.2 Å². The van der Waals surface area contributed by atoms with Crippen molar-refractivity contribution in [2.45, 2.75) is 11.8 Å². The number of amides is 1. The minimum absolute atomic E-state index is 0.0602. The van der Waals surface area contributed by atoms with Crippen LogP contribution in [-0.2, 0) is 10.0 Å². The Bertz CT molecular complexity index is 1210. The smallest absolute Gasteiger partial charge is 0.262 e. The Balaban J connectivity index is 1.84. The van der Waals surface area contributed by atoms with Gasteiger partial charge in [-0.3, -0.25) is 9.52 Å². The molecule has 9 heteroatoms. The second-order valence-electron chi connectivity index (χ2n) is 6.41. The summed E-state index contributed by atoms with van der Waals surface area (Å²) < 4.78 is 28.9. The van der Waals surface area contributed by atoms with Crippen LogP contribution in [0.5, 0.6) is 0 Å². The van der Waals surface area contributed by atoms with Crippen molar-refractivity contribution in [1.82, 2.24) is 0 Å². The maximum atomic E-state index is 12.8. The number of hydrogen-bond donors (Lipinski definition) is 2. The van der Waals surface area contributed by atoms with Crippen LogP contribution in [0, 0.1) is 6.92 Å². The molecule has 3 aromatic rings. The van der Waals surface area contributed by atoms with Crippen molar-refractivity contribution in [2.24, 2.45) is 0 Å². The molecule has 30 heavy (non-hydrogen) atoms. The Morgan fingerprint density at radius 3 is 2.03 bits per heavy atom. The molecule has 0 saturated carbocycles. The van der Waals surface area contributed by atoms with Gasteiger partial charge in [-0.2, -0.15) is 0 Å². The predicted molar refractivity (Wildman–Crippen MR) is 115 cm³/mol. The van der Waals surface area contributed by atoms with E-state index in [1.165, 1.54) is 36.4 Å². The Kier molecular flexibility index (Phi) is 6.23. The molecule has 0 heterocycles. The van der Waals surface area contributed by atoms with E-state index < -0.39 is 21.9 Å². The van der Waals surface area contributed by atoms with E-state index in [1.54, 1.807) is 37.3 Å². The fourth-order valence-corrected chi connectivity index (χ4v) is 4.25. The van der Waals surface area contributed by atoms with Gasteiger partial charge >= 0.3 is 0 Å². The fourth-order valence-electron chi connectivity index (χ4n) is 2.65. The minimum atomic E-state index is -4.01. The van der Waals surface area contributed by atoms with Crippen molar-refractivity contribution in [3.8, 4) is 0 Å². The average molecular weight is 488 g/mol. The SMILES string of the molecule is Cc1ccc(C(=O)Nc2ccc(Br)cc2)cc1S(=O)(=O)Nc1ccc(C(=O)[O-])cc1. The molecule has 0 saturated heterocycles. The molecule has 0 aliphatic rings. The highest BCUT2D eigenvalue weighted by molar-refractivity contribution is 9.10. The first-order valence-corrected chi connectivity index (χ1v) is 10.9. The van der Waals surface area contributed by atoms with E-state index in [1.807, 2.05) is 0 Å². The van der Waals surface area contributed by atoms with Crippen LogP contribution in [0.1, 0.15) is 26.3 Å². The first kappa shape index (κ1) is 21.5. The summed E-state index contributed by atoms with van der Waals surface area (Å²) in [6, 6.07) is 16.5. The fraction of sp³-hybridized carbons (Fsp3) is 0.0476. The summed E-state index contributed by atoms with van der Waals surface area (Å²) in [6.07, 6.45) is 0. The van der Waals surface area contributed by atoms with Crippen LogP contribution in [0.15, 0.2) is 76.1 Å². The van der Waals surface area contributed by atoms with Crippen molar-refractivity contribution in [1.29, 1.82) is 0 Å². The molecule has 3 aromatic carbocycles. The zero-order chi connectivity index (χ0) is 21.9. The molecule has 0 aliphatic heterocycles. The number of rotatable bonds is 6. The average Bonchev–Trinajstić information content (AvgIpc) is 2.70. The standard InChI is InChI=1S/C21H17BrN2O5S/c1-13-2-3-15(20(25)23-17-10-6-16(22)7-11-17)12-19(13)30(28,29)24-18-8-4-14(5-9-18)21(26)27/h2-12,24H,1H3,(H,23,25)(H,26,27)/p-1. The molecule has 0 radical (unpaired) electrons. The molecular formula is C21H16BrN2O5S-. The maximum Gasteiger partial charge on any atom is 0.262 e. The number of halogens is 1. The summed E-state index contributed by atoms with van der Waals surface area (Å²) in [5.74, 6) is -1.81. The van der Waals surface area contributed by atoms with Gasteiger partial charge in [0.1, 0.15) is 0 Å². The summed E-state index contributed by atoms with van der Waals surface area (Å²) in [5.41, 5.74) is 1.31. The molecule has 0 bridgehead atoms. The zero-order valence-corrected chi connectivity index (χ0v) is 18.1. The van der Waals surface area contributed by atoms with Crippen LogP contribution in [0.25, 0.3) is 0 Å². The minimum Gasteiger partial charge on any atom is -0.545 e. The molecule has 0 fully saturated rings. The van der Waals surface area contributed by atoms with Gasteiger partial charge < -0.3 is 15.2 Å². The van der Waals surface area contributed by atoms with E-state index in [9.17, 15) is 23.1 Å². The quantitative estimate of drug-likeness (QED) is 0.553. The first-order chi connectivity index (χ1) is 14.2. The number of carbonyl (C=O) groups excluding carboxylic acids is 2. The van der Waals surface area contributed by atoms with E-state index in [2.05, 4.69) is 26.0 Å². The van der Waals surface area contributed by atoms with Crippen molar-refractivity contribution < 1.29 is 23.1 Å². The lowest BCUT2D eigenvalue weighted by Crippen LogP contribution is -2.22. The zero-order valence-electron chi connectivity index (χ0n) is 15.7. The third-order valence-electron chi connectivity index (χ3n) is 4.21. The number of carbonyl (C=O) groups is 2. The Morgan fingerprint density at radius 2 is 1.43 bits per heavy atom. The monoisotopic (exact) mass is 487 g/mol. The number of sulfonamides is 1. The molecule has 0 aliphatic carbocycles. The number of benzene rings is 3. The van der Waals surface area contributed by atoms with Gasteiger partial charge in [0.15, 0.2) is 0 Å². The predicted octanol–water partition coefficient (Wildman–Crippen LogP) is 3.17. The second kappa shape index (κ2) is 8.68. The van der Waals surface area contributed by atoms with Gasteiger partial charge in [0, 0.05) is 21.4 Å². The summed E-state index contributed by atoms with van der Waals surface area (Å²) in [5, 5.41) is 13.5. The number of nitrogens with one attached hydrogen (secondary N) is 2. The van der Waals surface area contributed by atoms with Crippen LogP contribution < -0.4 is 15.1 Å². The summed E-state index contributed by atoms with van der Waals surface area (Å²) in [6.45, 7) is 1.62. The lowest BCUT2D eigenvalue weighted by molar-refractivity contribution is -0.255. The Labute approximate surface area is 181 Å². The molecule has 0 unspecified atom stereocenters. The summed E-state index contributed by atoms with van der Waals surface area (Å²) >= 11 is 3.32. The number of carboxylic acid groups (broad SMARTS) is 1. The van der Waals surface area contributed by atoms with Gasteiger partial charge in [-0.05, 0) is 66.6 Å². The topological polar surface area (TPSA) is 115 Å². The Morgan fingerprint density at radius 1 is 0.867 bits per heavy atom. The van der Waals surface area contributed by atoms with Crippen molar-refractivity contribution in [2.75, 3.05) is 10.0 Å². The van der Waals surface area contributed by atoms with E-state index >= 15 is 0 Å². The van der Waals surface area contributed by atoms with Crippen LogP contribution >= 0.6 is 15.9 Å². The molecular weight excluding hydrogens is 472 g/mol. The van der Waals surface area contributed by atoms with Crippen LogP contribution in [0.3, 0.4) is 0 Å². The molecule has 1 amide bonds. The van der Waals surface area contributed by atoms with Crippen molar-refractivity contribution in [3.05, 3.63) is 87.9 Å². The van der Waals surface area contributed by atoms with Gasteiger partial charge in [-0.15, -0.1) is 0 Å². The lowest BCUT2D eigenvalue weighted by Gasteiger charge is -2.13. The van der Waals surface area contributed by atoms with E-state index in [0.29, 0.717) is 11.3 Å². The van der Waals surface area contributed by atoms with Crippen molar-refractivity contribution in [3.63, 3.8) is 0 Å². The Hall–Kier alpha value is -3.17. The largest absolute Gasteiger partial charge is 0.545 e. The number of aromatic carboxylic acids is 1. The third kappa shape index (κ3) is 5.05. The van der Waals surface area contributed by atoms with Gasteiger partial charge in [-0.1, -0.05) is 34.1 Å². The molecule has 2 N–H and O–H groups in total.